The molecule has 3 aromatic carbocycles. The summed E-state index contributed by atoms with van der Waals surface area (Å²) < 4.78 is 0. The Hall–Kier alpha value is -2.92. The number of amides is 1. The average molecular weight is 353 g/mol. The maximum Gasteiger partial charge on any atom is 0.270 e. The topological polar surface area (TPSA) is 72.2 Å². The van der Waals surface area contributed by atoms with Gasteiger partial charge in [0.25, 0.3) is 11.6 Å². The molecule has 1 N–H and O–H groups in total. The molecular weight excluding hydrogens is 340 g/mol. The van der Waals surface area contributed by atoms with Crippen molar-refractivity contribution in [2.75, 3.05) is 5.32 Å². The van der Waals surface area contributed by atoms with E-state index in [4.69, 9.17) is 11.6 Å². The van der Waals surface area contributed by atoms with E-state index in [-0.39, 0.29) is 16.3 Å². The largest absolute Gasteiger partial charge is 0.321 e. The molecular formula is C19H13ClN2O3. The van der Waals surface area contributed by atoms with Crippen LogP contribution in [0.25, 0.3) is 10.8 Å². The summed E-state index contributed by atoms with van der Waals surface area (Å²) in [5.74, 6) is -0.390. The van der Waals surface area contributed by atoms with Crippen molar-refractivity contribution in [2.24, 2.45) is 0 Å². The third kappa shape index (κ3) is 2.62. The maximum absolute atomic E-state index is 12.6. The molecule has 0 radical (unpaired) electrons. The summed E-state index contributed by atoms with van der Waals surface area (Å²) >= 11 is 6.05. The van der Waals surface area contributed by atoms with Crippen molar-refractivity contribution < 1.29 is 9.72 Å². The Morgan fingerprint density at radius 1 is 1.08 bits per heavy atom. The first kappa shape index (κ1) is 15.6. The van der Waals surface area contributed by atoms with Crippen LogP contribution in [0.2, 0.25) is 5.02 Å². The molecule has 0 aromatic heterocycles. The van der Waals surface area contributed by atoms with Gasteiger partial charge < -0.3 is 5.32 Å². The van der Waals surface area contributed by atoms with Gasteiger partial charge in [0.1, 0.15) is 0 Å². The first-order valence-corrected chi connectivity index (χ1v) is 8.21. The Kier molecular flexibility index (Phi) is 3.66. The summed E-state index contributed by atoms with van der Waals surface area (Å²) in [6.07, 6.45) is 2.02. The van der Waals surface area contributed by atoms with Gasteiger partial charge in [-0.15, -0.1) is 0 Å². The number of nitrogens with one attached hydrogen (secondary N) is 1. The Morgan fingerprint density at radius 2 is 1.84 bits per heavy atom. The number of carbonyl (C=O) groups is 1. The van der Waals surface area contributed by atoms with Gasteiger partial charge in [0, 0.05) is 23.2 Å². The van der Waals surface area contributed by atoms with Gasteiger partial charge in [-0.3, -0.25) is 14.9 Å². The molecule has 1 aliphatic rings. The van der Waals surface area contributed by atoms with Gasteiger partial charge in [-0.2, -0.15) is 0 Å². The minimum absolute atomic E-state index is 0.0534. The van der Waals surface area contributed by atoms with Crippen LogP contribution in [0.1, 0.15) is 21.5 Å². The Balaban J connectivity index is 1.71. The fourth-order valence-corrected chi connectivity index (χ4v) is 3.61. The number of nitro groups is 1. The molecule has 0 saturated heterocycles. The number of nitrogens with zero attached hydrogens (tertiary/aromatic N) is 1. The van der Waals surface area contributed by atoms with Crippen LogP contribution in [-0.2, 0) is 12.8 Å². The molecule has 25 heavy (non-hydrogen) atoms. The third-order valence-electron chi connectivity index (χ3n) is 4.53. The van der Waals surface area contributed by atoms with Crippen molar-refractivity contribution in [1.82, 2.24) is 0 Å². The maximum atomic E-state index is 12.6. The van der Waals surface area contributed by atoms with Crippen molar-refractivity contribution in [3.05, 3.63) is 80.4 Å². The Labute approximate surface area is 148 Å². The second-order valence-electron chi connectivity index (χ2n) is 5.99. The normalized spacial score (nSPS) is 12.4. The number of nitro benzene ring substituents is 1. The van der Waals surface area contributed by atoms with E-state index in [0.717, 1.165) is 18.2 Å². The van der Waals surface area contributed by atoms with Crippen LogP contribution in [0.5, 0.6) is 0 Å². The number of carbonyl (C=O) groups excluding carboxylic acids is 1. The summed E-state index contributed by atoms with van der Waals surface area (Å²) in [5, 5.41) is 15.9. The van der Waals surface area contributed by atoms with Crippen LogP contribution < -0.4 is 5.32 Å². The molecule has 4 rings (SSSR count). The van der Waals surface area contributed by atoms with E-state index in [9.17, 15) is 14.9 Å². The van der Waals surface area contributed by atoms with E-state index < -0.39 is 10.8 Å². The molecule has 0 unspecified atom stereocenters. The van der Waals surface area contributed by atoms with Crippen LogP contribution >= 0.6 is 11.6 Å². The predicted molar refractivity (Wildman–Crippen MR) is 97.4 cm³/mol. The lowest BCUT2D eigenvalue weighted by Crippen LogP contribution is -2.13. The van der Waals surface area contributed by atoms with Crippen LogP contribution in [0.3, 0.4) is 0 Å². The van der Waals surface area contributed by atoms with Crippen molar-refractivity contribution in [3.63, 3.8) is 0 Å². The molecule has 0 aliphatic heterocycles. The van der Waals surface area contributed by atoms with Gasteiger partial charge in [0.2, 0.25) is 0 Å². The second kappa shape index (κ2) is 5.86. The molecule has 3 aromatic rings. The Morgan fingerprint density at radius 3 is 2.56 bits per heavy atom. The number of hydrogen-bond donors (Lipinski definition) is 1. The number of benzene rings is 3. The highest BCUT2D eigenvalue weighted by molar-refractivity contribution is 6.34. The third-order valence-corrected chi connectivity index (χ3v) is 4.85. The minimum atomic E-state index is -0.545. The summed E-state index contributed by atoms with van der Waals surface area (Å²) in [6, 6.07) is 13.8. The molecule has 1 aliphatic carbocycles. The molecule has 0 bridgehead atoms. The highest BCUT2D eigenvalue weighted by Crippen LogP contribution is 2.35. The van der Waals surface area contributed by atoms with E-state index >= 15 is 0 Å². The van der Waals surface area contributed by atoms with Gasteiger partial charge in [0.05, 0.1) is 15.5 Å². The first-order chi connectivity index (χ1) is 12.0. The molecule has 0 fully saturated rings. The van der Waals surface area contributed by atoms with Crippen LogP contribution in [0, 0.1) is 10.1 Å². The van der Waals surface area contributed by atoms with Crippen molar-refractivity contribution in [3.8, 4) is 0 Å². The number of halogens is 1. The number of hydrogen-bond acceptors (Lipinski definition) is 3. The zero-order chi connectivity index (χ0) is 17.6. The second-order valence-corrected chi connectivity index (χ2v) is 6.39. The lowest BCUT2D eigenvalue weighted by Gasteiger charge is -2.11. The van der Waals surface area contributed by atoms with E-state index in [1.165, 1.54) is 34.7 Å². The highest BCUT2D eigenvalue weighted by atomic mass is 35.5. The fourth-order valence-electron chi connectivity index (χ4n) is 3.35. The van der Waals surface area contributed by atoms with Crippen molar-refractivity contribution in [1.29, 1.82) is 0 Å². The van der Waals surface area contributed by atoms with E-state index in [1.54, 1.807) is 0 Å². The average Bonchev–Trinajstić information content (AvgIpc) is 3.02. The highest BCUT2D eigenvalue weighted by Gasteiger charge is 2.19. The summed E-state index contributed by atoms with van der Waals surface area (Å²) in [6.45, 7) is 0. The van der Waals surface area contributed by atoms with E-state index in [0.29, 0.717) is 5.69 Å². The number of rotatable bonds is 3. The SMILES string of the molecule is O=C(Nc1ccc2c3c(cccc13)CC2)c1ccc([N+](=O)[O-])cc1Cl. The van der Waals surface area contributed by atoms with Crippen molar-refractivity contribution in [2.45, 2.75) is 12.8 Å². The number of aryl methyl sites for hydroxylation is 2. The van der Waals surface area contributed by atoms with Gasteiger partial charge in [-0.25, -0.2) is 0 Å². The predicted octanol–water partition coefficient (Wildman–Crippen LogP) is 4.75. The lowest BCUT2D eigenvalue weighted by molar-refractivity contribution is -0.384. The van der Waals surface area contributed by atoms with Gasteiger partial charge >= 0.3 is 0 Å². The standard InChI is InChI=1S/C19H13ClN2O3/c20-16-10-13(22(24)25)7-8-14(16)19(23)21-17-9-6-12-5-4-11-2-1-3-15(17)18(11)12/h1-3,6-10H,4-5H2,(H,21,23). The Bertz CT molecular complexity index is 1040. The lowest BCUT2D eigenvalue weighted by atomic mass is 10.0. The fraction of sp³-hybridized carbons (Fsp3) is 0.105. The van der Waals surface area contributed by atoms with Gasteiger partial charge in [-0.05, 0) is 41.5 Å². The first-order valence-electron chi connectivity index (χ1n) is 7.83. The monoisotopic (exact) mass is 352 g/mol. The molecule has 0 heterocycles. The summed E-state index contributed by atoms with van der Waals surface area (Å²) in [5.41, 5.74) is 3.35. The van der Waals surface area contributed by atoms with Gasteiger partial charge in [0.15, 0.2) is 0 Å². The summed E-state index contributed by atoms with van der Waals surface area (Å²) in [4.78, 5) is 22.8. The molecule has 5 nitrogen and oxygen atoms in total. The zero-order valence-corrected chi connectivity index (χ0v) is 13.8. The number of non-ortho nitro benzene ring substituents is 1. The summed E-state index contributed by atoms with van der Waals surface area (Å²) in [7, 11) is 0. The smallest absolute Gasteiger partial charge is 0.270 e. The van der Waals surface area contributed by atoms with Gasteiger partial charge in [-0.1, -0.05) is 35.9 Å². The number of anilines is 1. The van der Waals surface area contributed by atoms with Crippen LogP contribution in [0.4, 0.5) is 11.4 Å². The van der Waals surface area contributed by atoms with Crippen molar-refractivity contribution >= 4 is 39.7 Å². The van der Waals surface area contributed by atoms with Crippen LogP contribution in [0.15, 0.2) is 48.5 Å². The van der Waals surface area contributed by atoms with Crippen LogP contribution in [-0.4, -0.2) is 10.8 Å². The zero-order valence-electron chi connectivity index (χ0n) is 13.1. The molecule has 1 amide bonds. The molecule has 0 saturated carbocycles. The molecule has 124 valence electrons. The quantitative estimate of drug-likeness (QED) is 0.546. The van der Waals surface area contributed by atoms with E-state index in [2.05, 4.69) is 11.4 Å². The minimum Gasteiger partial charge on any atom is -0.321 e. The molecule has 6 heteroatoms. The molecule has 0 atom stereocenters. The van der Waals surface area contributed by atoms with E-state index in [1.807, 2.05) is 24.3 Å². The molecule has 0 spiro atoms.